The van der Waals surface area contributed by atoms with Crippen LogP contribution in [0.1, 0.15) is 12.5 Å². The molecule has 1 aromatic carbocycles. The van der Waals surface area contributed by atoms with Gasteiger partial charge in [-0.2, -0.15) is 0 Å². The Hall–Kier alpha value is -1.55. The van der Waals surface area contributed by atoms with Gasteiger partial charge in [-0.15, -0.1) is 0 Å². The Bertz CT molecular complexity index is 402. The summed E-state index contributed by atoms with van der Waals surface area (Å²) in [5.41, 5.74) is 1.10. The van der Waals surface area contributed by atoms with Crippen LogP contribution in [0.3, 0.4) is 0 Å². The summed E-state index contributed by atoms with van der Waals surface area (Å²) in [6.07, 6.45) is 0. The fourth-order valence-corrected chi connectivity index (χ4v) is 2.38. The number of nitrogens with zero attached hydrogens (tertiary/aromatic N) is 1. The van der Waals surface area contributed by atoms with Gasteiger partial charge in [-0.1, -0.05) is 19.1 Å². The Morgan fingerprint density at radius 3 is 2.53 bits per heavy atom. The number of aromatic hydroxyl groups is 1. The van der Waals surface area contributed by atoms with Gasteiger partial charge in [0, 0.05) is 19.6 Å². The zero-order valence-electron chi connectivity index (χ0n) is 9.84. The molecule has 2 rings (SSSR count). The van der Waals surface area contributed by atoms with Gasteiger partial charge in [0.2, 0.25) is 0 Å². The van der Waals surface area contributed by atoms with Crippen molar-refractivity contribution in [2.24, 2.45) is 11.8 Å². The number of hydrogen-bond acceptors (Lipinski definition) is 3. The van der Waals surface area contributed by atoms with E-state index in [4.69, 9.17) is 5.11 Å². The van der Waals surface area contributed by atoms with Crippen molar-refractivity contribution >= 4 is 5.97 Å². The third-order valence-electron chi connectivity index (χ3n) is 3.35. The zero-order chi connectivity index (χ0) is 12.4. The standard InChI is InChI=1S/C13H17NO3/c1-9-6-14(8-12(9)13(16)17)7-10-2-4-11(15)5-3-10/h2-5,9,12,15H,6-8H2,1H3,(H,16,17). The number of likely N-dealkylation sites (tertiary alicyclic amines) is 1. The summed E-state index contributed by atoms with van der Waals surface area (Å²) in [7, 11) is 0. The number of phenolic OH excluding ortho intramolecular Hbond substituents is 1. The lowest BCUT2D eigenvalue weighted by Crippen LogP contribution is -2.23. The fourth-order valence-electron chi connectivity index (χ4n) is 2.38. The maximum absolute atomic E-state index is 11.0. The molecule has 1 heterocycles. The maximum atomic E-state index is 11.0. The molecule has 0 bridgehead atoms. The highest BCUT2D eigenvalue weighted by molar-refractivity contribution is 5.71. The molecule has 1 aliphatic rings. The van der Waals surface area contributed by atoms with E-state index in [1.54, 1.807) is 12.1 Å². The minimum absolute atomic E-state index is 0.199. The molecule has 1 saturated heterocycles. The highest BCUT2D eigenvalue weighted by Gasteiger charge is 2.34. The van der Waals surface area contributed by atoms with Crippen molar-refractivity contribution in [1.82, 2.24) is 4.90 Å². The van der Waals surface area contributed by atoms with Crippen LogP contribution in [0, 0.1) is 11.8 Å². The van der Waals surface area contributed by atoms with E-state index in [2.05, 4.69) is 4.90 Å². The molecular formula is C13H17NO3. The first-order valence-corrected chi connectivity index (χ1v) is 5.79. The first-order chi connectivity index (χ1) is 8.06. The van der Waals surface area contributed by atoms with Crippen LogP contribution < -0.4 is 0 Å². The fraction of sp³-hybridized carbons (Fsp3) is 0.462. The van der Waals surface area contributed by atoms with E-state index in [0.29, 0.717) is 6.54 Å². The van der Waals surface area contributed by atoms with Crippen LogP contribution in [0.5, 0.6) is 5.75 Å². The SMILES string of the molecule is CC1CN(Cc2ccc(O)cc2)CC1C(=O)O. The van der Waals surface area contributed by atoms with Crippen LogP contribution >= 0.6 is 0 Å². The molecule has 0 aromatic heterocycles. The van der Waals surface area contributed by atoms with E-state index >= 15 is 0 Å². The molecule has 0 amide bonds. The Balaban J connectivity index is 1.97. The molecule has 0 radical (unpaired) electrons. The van der Waals surface area contributed by atoms with Crippen LogP contribution in [0.4, 0.5) is 0 Å². The Morgan fingerprint density at radius 2 is 2.00 bits per heavy atom. The van der Waals surface area contributed by atoms with Crippen molar-refractivity contribution in [2.75, 3.05) is 13.1 Å². The second-order valence-electron chi connectivity index (χ2n) is 4.78. The van der Waals surface area contributed by atoms with E-state index in [9.17, 15) is 9.90 Å². The van der Waals surface area contributed by atoms with Gasteiger partial charge >= 0.3 is 5.97 Å². The molecule has 0 saturated carbocycles. The third kappa shape index (κ3) is 2.77. The molecule has 1 aliphatic heterocycles. The van der Waals surface area contributed by atoms with Crippen LogP contribution in [0.25, 0.3) is 0 Å². The second-order valence-corrected chi connectivity index (χ2v) is 4.78. The molecule has 2 atom stereocenters. The van der Waals surface area contributed by atoms with Crippen LogP contribution in [-0.4, -0.2) is 34.2 Å². The van der Waals surface area contributed by atoms with E-state index in [0.717, 1.165) is 18.7 Å². The van der Waals surface area contributed by atoms with Crippen LogP contribution in [0.15, 0.2) is 24.3 Å². The molecule has 4 nitrogen and oxygen atoms in total. The summed E-state index contributed by atoms with van der Waals surface area (Å²) in [5, 5.41) is 18.2. The van der Waals surface area contributed by atoms with Gasteiger partial charge in [0.1, 0.15) is 5.75 Å². The number of hydrogen-bond donors (Lipinski definition) is 2. The summed E-state index contributed by atoms with van der Waals surface area (Å²) >= 11 is 0. The first kappa shape index (κ1) is 11.9. The molecule has 0 aliphatic carbocycles. The molecule has 2 unspecified atom stereocenters. The molecular weight excluding hydrogens is 218 g/mol. The quantitative estimate of drug-likeness (QED) is 0.834. The monoisotopic (exact) mass is 235 g/mol. The number of rotatable bonds is 3. The summed E-state index contributed by atoms with van der Waals surface area (Å²) in [4.78, 5) is 13.1. The van der Waals surface area contributed by atoms with E-state index < -0.39 is 5.97 Å². The van der Waals surface area contributed by atoms with Crippen molar-refractivity contribution in [2.45, 2.75) is 13.5 Å². The summed E-state index contributed by atoms with van der Waals surface area (Å²) in [6, 6.07) is 7.05. The molecule has 1 aromatic rings. The van der Waals surface area contributed by atoms with E-state index in [-0.39, 0.29) is 17.6 Å². The molecule has 4 heteroatoms. The summed E-state index contributed by atoms with van der Waals surface area (Å²) < 4.78 is 0. The molecule has 1 fully saturated rings. The third-order valence-corrected chi connectivity index (χ3v) is 3.35. The van der Waals surface area contributed by atoms with Crippen molar-refractivity contribution < 1.29 is 15.0 Å². The number of carboxylic acids is 1. The average molecular weight is 235 g/mol. The molecule has 17 heavy (non-hydrogen) atoms. The van der Waals surface area contributed by atoms with Gasteiger partial charge in [0.05, 0.1) is 5.92 Å². The summed E-state index contributed by atoms with van der Waals surface area (Å²) in [6.45, 7) is 4.15. The number of carbonyl (C=O) groups is 1. The lowest BCUT2D eigenvalue weighted by Gasteiger charge is -2.15. The molecule has 0 spiro atoms. The Labute approximate surface area is 100 Å². The number of carboxylic acid groups (broad SMARTS) is 1. The smallest absolute Gasteiger partial charge is 0.308 e. The van der Waals surface area contributed by atoms with Gasteiger partial charge < -0.3 is 10.2 Å². The normalized spacial score (nSPS) is 25.0. The lowest BCUT2D eigenvalue weighted by molar-refractivity contribution is -0.142. The highest BCUT2D eigenvalue weighted by atomic mass is 16.4. The Morgan fingerprint density at radius 1 is 1.35 bits per heavy atom. The van der Waals surface area contributed by atoms with Crippen molar-refractivity contribution in [3.05, 3.63) is 29.8 Å². The minimum Gasteiger partial charge on any atom is -0.508 e. The van der Waals surface area contributed by atoms with Gasteiger partial charge in [-0.25, -0.2) is 0 Å². The van der Waals surface area contributed by atoms with Crippen molar-refractivity contribution in [3.63, 3.8) is 0 Å². The van der Waals surface area contributed by atoms with E-state index in [1.165, 1.54) is 0 Å². The van der Waals surface area contributed by atoms with Crippen LogP contribution in [-0.2, 0) is 11.3 Å². The summed E-state index contributed by atoms with van der Waals surface area (Å²) in [5.74, 6) is -0.505. The van der Waals surface area contributed by atoms with Gasteiger partial charge in [0.25, 0.3) is 0 Å². The minimum atomic E-state index is -0.703. The molecule has 2 N–H and O–H groups in total. The van der Waals surface area contributed by atoms with Gasteiger partial charge in [-0.3, -0.25) is 9.69 Å². The predicted octanol–water partition coefficient (Wildman–Crippen LogP) is 1.54. The van der Waals surface area contributed by atoms with E-state index in [1.807, 2.05) is 19.1 Å². The largest absolute Gasteiger partial charge is 0.508 e. The van der Waals surface area contributed by atoms with Crippen molar-refractivity contribution in [3.8, 4) is 5.75 Å². The number of aliphatic carboxylic acids is 1. The average Bonchev–Trinajstić information content (AvgIpc) is 2.63. The highest BCUT2D eigenvalue weighted by Crippen LogP contribution is 2.24. The second kappa shape index (κ2) is 4.75. The van der Waals surface area contributed by atoms with Crippen molar-refractivity contribution in [1.29, 1.82) is 0 Å². The first-order valence-electron chi connectivity index (χ1n) is 5.79. The Kier molecular flexibility index (Phi) is 3.33. The predicted molar refractivity (Wildman–Crippen MR) is 63.7 cm³/mol. The molecule has 92 valence electrons. The zero-order valence-corrected chi connectivity index (χ0v) is 9.84. The van der Waals surface area contributed by atoms with Gasteiger partial charge in [0.15, 0.2) is 0 Å². The number of benzene rings is 1. The maximum Gasteiger partial charge on any atom is 0.308 e. The topological polar surface area (TPSA) is 60.8 Å². The van der Waals surface area contributed by atoms with Crippen LogP contribution in [0.2, 0.25) is 0 Å². The van der Waals surface area contributed by atoms with Gasteiger partial charge in [-0.05, 0) is 23.6 Å². The number of phenols is 1. The lowest BCUT2D eigenvalue weighted by atomic mass is 9.99.